The number of allylic oxidation sites excluding steroid dienone is 1. The van der Waals surface area contributed by atoms with Crippen LogP contribution >= 0.6 is 0 Å². The maximum Gasteiger partial charge on any atom is 0.293 e. The molecule has 0 aromatic rings. The van der Waals surface area contributed by atoms with Gasteiger partial charge < -0.3 is 18.9 Å². The molecule has 3 aliphatic rings. The highest BCUT2D eigenvalue weighted by atomic mass is 16.6. The number of hydrogen-bond donors (Lipinski definition) is 0. The van der Waals surface area contributed by atoms with Crippen molar-refractivity contribution in [2.24, 2.45) is 5.92 Å². The lowest BCUT2D eigenvalue weighted by Crippen LogP contribution is -2.55. The normalized spacial score (nSPS) is 46.2. The summed E-state index contributed by atoms with van der Waals surface area (Å²) in [5.41, 5.74) is 0.871. The van der Waals surface area contributed by atoms with Gasteiger partial charge in [0.2, 0.25) is 0 Å². The molecule has 3 unspecified atom stereocenters. The first kappa shape index (κ1) is 16.0. The molecular formula is C17H26O5. The highest BCUT2D eigenvalue weighted by molar-refractivity contribution is 5.38. The minimum Gasteiger partial charge on any atom is -0.462 e. The lowest BCUT2D eigenvalue weighted by atomic mass is 9.68. The summed E-state index contributed by atoms with van der Waals surface area (Å²) in [5.74, 6) is 0.0965. The molecule has 5 nitrogen and oxygen atoms in total. The second-order valence-electron chi connectivity index (χ2n) is 7.15. The molecule has 0 bridgehead atoms. The van der Waals surface area contributed by atoms with Crippen LogP contribution < -0.4 is 0 Å². The molecule has 3 rings (SSSR count). The van der Waals surface area contributed by atoms with Gasteiger partial charge in [0, 0.05) is 7.11 Å². The van der Waals surface area contributed by atoms with Crippen molar-refractivity contribution in [3.8, 4) is 0 Å². The fourth-order valence-corrected chi connectivity index (χ4v) is 4.16. The summed E-state index contributed by atoms with van der Waals surface area (Å²) in [6, 6.07) is 0. The third kappa shape index (κ3) is 2.59. The molecule has 3 fully saturated rings. The first-order valence-corrected chi connectivity index (χ1v) is 8.04. The van der Waals surface area contributed by atoms with Crippen LogP contribution in [-0.4, -0.2) is 49.7 Å². The SMILES string of the molecule is COC1C(OC=O)CC[C@]2(CO2)C1[C@]1(C)O[C@@H]1CC=C(C)C. The number of carbonyl (C=O) groups excluding carboxylic acids is 1. The molecule has 124 valence electrons. The summed E-state index contributed by atoms with van der Waals surface area (Å²) in [5, 5.41) is 0. The highest BCUT2D eigenvalue weighted by Crippen LogP contribution is 2.59. The van der Waals surface area contributed by atoms with Gasteiger partial charge in [0.25, 0.3) is 6.47 Å². The van der Waals surface area contributed by atoms with Gasteiger partial charge in [-0.15, -0.1) is 0 Å². The van der Waals surface area contributed by atoms with Gasteiger partial charge in [0.05, 0.1) is 18.6 Å². The number of carbonyl (C=O) groups is 1. The van der Waals surface area contributed by atoms with Crippen LogP contribution in [0.4, 0.5) is 0 Å². The molecule has 5 heteroatoms. The van der Waals surface area contributed by atoms with Gasteiger partial charge in [0.15, 0.2) is 0 Å². The van der Waals surface area contributed by atoms with Crippen LogP contribution in [0.2, 0.25) is 0 Å². The molecule has 2 aliphatic heterocycles. The predicted molar refractivity (Wildman–Crippen MR) is 80.5 cm³/mol. The summed E-state index contributed by atoms with van der Waals surface area (Å²) in [4.78, 5) is 10.8. The minimum atomic E-state index is -0.270. The van der Waals surface area contributed by atoms with Crippen molar-refractivity contribution in [1.82, 2.24) is 0 Å². The van der Waals surface area contributed by atoms with Gasteiger partial charge >= 0.3 is 0 Å². The molecule has 1 aliphatic carbocycles. The average Bonchev–Trinajstić information content (AvgIpc) is 3.37. The number of methoxy groups -OCH3 is 1. The van der Waals surface area contributed by atoms with Crippen molar-refractivity contribution in [3.63, 3.8) is 0 Å². The molecule has 0 N–H and O–H groups in total. The fourth-order valence-electron chi connectivity index (χ4n) is 4.16. The Kier molecular flexibility index (Phi) is 4.08. The molecule has 0 amide bonds. The van der Waals surface area contributed by atoms with E-state index in [9.17, 15) is 4.79 Å². The molecule has 1 saturated carbocycles. The number of hydrogen-bond acceptors (Lipinski definition) is 5. The van der Waals surface area contributed by atoms with E-state index in [0.717, 1.165) is 25.9 Å². The van der Waals surface area contributed by atoms with E-state index in [1.807, 2.05) is 0 Å². The van der Waals surface area contributed by atoms with Crippen molar-refractivity contribution in [2.75, 3.05) is 13.7 Å². The van der Waals surface area contributed by atoms with Crippen LogP contribution in [-0.2, 0) is 23.7 Å². The van der Waals surface area contributed by atoms with Gasteiger partial charge in [-0.05, 0) is 40.0 Å². The van der Waals surface area contributed by atoms with E-state index in [2.05, 4.69) is 26.8 Å². The van der Waals surface area contributed by atoms with Crippen LogP contribution in [0.15, 0.2) is 11.6 Å². The maximum absolute atomic E-state index is 10.8. The van der Waals surface area contributed by atoms with Gasteiger partial charge in [-0.25, -0.2) is 0 Å². The summed E-state index contributed by atoms with van der Waals surface area (Å²) in [6.07, 6.45) is 4.57. The van der Waals surface area contributed by atoms with Crippen LogP contribution in [0.3, 0.4) is 0 Å². The molecule has 22 heavy (non-hydrogen) atoms. The van der Waals surface area contributed by atoms with Crippen LogP contribution in [0.5, 0.6) is 0 Å². The molecule has 2 heterocycles. The quantitative estimate of drug-likeness (QED) is 0.428. The van der Waals surface area contributed by atoms with Gasteiger partial charge in [-0.3, -0.25) is 4.79 Å². The standard InChI is InChI=1S/C17H26O5/c1-11(2)5-6-13-16(3,22-13)15-14(19-4)12(20-10-18)7-8-17(15)9-21-17/h5,10,12-15H,6-9H2,1-4H3/t12?,13-,14?,15?,16-,17+/m1/s1. The van der Waals surface area contributed by atoms with E-state index in [4.69, 9.17) is 18.9 Å². The molecule has 6 atom stereocenters. The summed E-state index contributed by atoms with van der Waals surface area (Å²) >= 11 is 0. The Labute approximate surface area is 131 Å². The zero-order chi connectivity index (χ0) is 16.0. The second kappa shape index (κ2) is 5.62. The molecule has 0 aromatic carbocycles. The van der Waals surface area contributed by atoms with Crippen molar-refractivity contribution < 1.29 is 23.7 Å². The van der Waals surface area contributed by atoms with Crippen LogP contribution in [0.1, 0.15) is 40.0 Å². The lowest BCUT2D eigenvalue weighted by molar-refractivity contribution is -0.158. The third-order valence-corrected chi connectivity index (χ3v) is 5.47. The van der Waals surface area contributed by atoms with E-state index in [1.54, 1.807) is 7.11 Å². The first-order chi connectivity index (χ1) is 10.5. The Hall–Kier alpha value is -0.910. The zero-order valence-corrected chi connectivity index (χ0v) is 13.8. The zero-order valence-electron chi connectivity index (χ0n) is 13.8. The molecule has 1 spiro atoms. The Balaban J connectivity index is 1.79. The minimum absolute atomic E-state index is 0.0965. The van der Waals surface area contributed by atoms with E-state index >= 15 is 0 Å². The van der Waals surface area contributed by atoms with Gasteiger partial charge in [-0.1, -0.05) is 11.6 Å². The van der Waals surface area contributed by atoms with Gasteiger partial charge in [-0.2, -0.15) is 0 Å². The second-order valence-corrected chi connectivity index (χ2v) is 7.15. The first-order valence-electron chi connectivity index (χ1n) is 8.04. The van der Waals surface area contributed by atoms with E-state index in [1.165, 1.54) is 5.57 Å². The van der Waals surface area contributed by atoms with Crippen molar-refractivity contribution >= 4 is 6.47 Å². The Bertz CT molecular complexity index is 466. The maximum atomic E-state index is 10.8. The molecule has 2 saturated heterocycles. The Morgan fingerprint density at radius 1 is 1.41 bits per heavy atom. The largest absolute Gasteiger partial charge is 0.462 e. The topological polar surface area (TPSA) is 60.6 Å². The summed E-state index contributed by atoms with van der Waals surface area (Å²) in [7, 11) is 1.68. The van der Waals surface area contributed by atoms with Gasteiger partial charge in [0.1, 0.15) is 23.4 Å². The summed E-state index contributed by atoms with van der Waals surface area (Å²) < 4.78 is 22.9. The molecule has 0 radical (unpaired) electrons. The summed E-state index contributed by atoms with van der Waals surface area (Å²) in [6.45, 7) is 7.60. The van der Waals surface area contributed by atoms with Crippen molar-refractivity contribution in [1.29, 1.82) is 0 Å². The third-order valence-electron chi connectivity index (χ3n) is 5.47. The van der Waals surface area contributed by atoms with E-state index in [0.29, 0.717) is 6.47 Å². The Morgan fingerprint density at radius 3 is 2.68 bits per heavy atom. The van der Waals surface area contributed by atoms with Crippen LogP contribution in [0, 0.1) is 5.92 Å². The molecule has 0 aromatic heterocycles. The van der Waals surface area contributed by atoms with E-state index in [-0.39, 0.29) is 35.4 Å². The number of epoxide rings is 2. The van der Waals surface area contributed by atoms with Crippen molar-refractivity contribution in [3.05, 3.63) is 11.6 Å². The predicted octanol–water partition coefficient (Wildman–Crippen LogP) is 2.24. The number of ether oxygens (including phenoxy) is 4. The Morgan fingerprint density at radius 2 is 2.14 bits per heavy atom. The van der Waals surface area contributed by atoms with E-state index < -0.39 is 0 Å². The fraction of sp³-hybridized carbons (Fsp3) is 0.824. The van der Waals surface area contributed by atoms with Crippen LogP contribution in [0.25, 0.3) is 0 Å². The lowest BCUT2D eigenvalue weighted by Gasteiger charge is -2.42. The van der Waals surface area contributed by atoms with Crippen molar-refractivity contribution in [2.45, 2.75) is 69.5 Å². The average molecular weight is 310 g/mol. The number of rotatable bonds is 6. The smallest absolute Gasteiger partial charge is 0.293 e. The highest BCUT2D eigenvalue weighted by Gasteiger charge is 2.72. The monoisotopic (exact) mass is 310 g/mol. The molecular weight excluding hydrogens is 284 g/mol.